The van der Waals surface area contributed by atoms with E-state index in [2.05, 4.69) is 11.8 Å². The number of furan rings is 1. The molecule has 0 unspecified atom stereocenters. The lowest BCUT2D eigenvalue weighted by atomic mass is 10.3. The van der Waals surface area contributed by atoms with Crippen molar-refractivity contribution in [2.45, 2.75) is 6.54 Å². The van der Waals surface area contributed by atoms with Gasteiger partial charge in [0.2, 0.25) is 0 Å². The lowest BCUT2D eigenvalue weighted by Gasteiger charge is -2.14. The van der Waals surface area contributed by atoms with Gasteiger partial charge in [-0.15, -0.1) is 11.3 Å². The fourth-order valence-electron chi connectivity index (χ4n) is 1.58. The molecule has 98 valence electrons. The number of rotatable bonds is 3. The molecule has 0 aliphatic rings. The van der Waals surface area contributed by atoms with Gasteiger partial charge in [-0.1, -0.05) is 11.8 Å². The summed E-state index contributed by atoms with van der Waals surface area (Å²) in [4.78, 5) is 14.4. The molecule has 2 aromatic heterocycles. The first-order valence-corrected chi connectivity index (χ1v) is 6.55. The van der Waals surface area contributed by atoms with E-state index in [0.717, 1.165) is 10.4 Å². The maximum Gasteiger partial charge on any atom is 0.289 e. The molecule has 0 aliphatic heterocycles. The first-order valence-electron chi connectivity index (χ1n) is 5.67. The summed E-state index contributed by atoms with van der Waals surface area (Å²) in [6.07, 6.45) is 1.48. The summed E-state index contributed by atoms with van der Waals surface area (Å²) >= 11 is 1.49. The molecule has 2 heterocycles. The van der Waals surface area contributed by atoms with E-state index in [0.29, 0.717) is 12.3 Å². The minimum atomic E-state index is -0.154. The average molecular weight is 275 g/mol. The Bertz CT molecular complexity index is 604. The zero-order valence-corrected chi connectivity index (χ0v) is 11.2. The summed E-state index contributed by atoms with van der Waals surface area (Å²) in [5.41, 5.74) is 1.01. The van der Waals surface area contributed by atoms with Crippen molar-refractivity contribution in [3.05, 3.63) is 46.0 Å². The smallest absolute Gasteiger partial charge is 0.289 e. The van der Waals surface area contributed by atoms with Crippen molar-refractivity contribution >= 4 is 17.2 Å². The van der Waals surface area contributed by atoms with Crippen molar-refractivity contribution in [3.63, 3.8) is 0 Å². The number of carbonyl (C=O) groups is 1. The van der Waals surface area contributed by atoms with Crippen LogP contribution in [0.4, 0.5) is 0 Å². The van der Waals surface area contributed by atoms with Gasteiger partial charge in [0.25, 0.3) is 5.91 Å². The maximum atomic E-state index is 12.0. The van der Waals surface area contributed by atoms with Gasteiger partial charge in [-0.3, -0.25) is 4.79 Å². The third-order valence-corrected chi connectivity index (χ3v) is 3.34. The number of amides is 1. The fourth-order valence-corrected chi connectivity index (χ4v) is 2.36. The Labute approximate surface area is 115 Å². The van der Waals surface area contributed by atoms with E-state index >= 15 is 0 Å². The average Bonchev–Trinajstić information content (AvgIpc) is 3.06. The zero-order chi connectivity index (χ0) is 13.7. The summed E-state index contributed by atoms with van der Waals surface area (Å²) in [7, 11) is 1.72. The van der Waals surface area contributed by atoms with Crippen LogP contribution in [0.5, 0.6) is 0 Å². The number of aliphatic hydroxyl groups is 1. The van der Waals surface area contributed by atoms with Crippen LogP contribution in [0.25, 0.3) is 0 Å². The Morgan fingerprint density at radius 1 is 1.58 bits per heavy atom. The number of carbonyl (C=O) groups excluding carboxylic acids is 1. The molecule has 0 aromatic carbocycles. The van der Waals surface area contributed by atoms with E-state index in [1.54, 1.807) is 24.1 Å². The molecule has 1 N–H and O–H groups in total. The second-order valence-electron chi connectivity index (χ2n) is 3.92. The van der Waals surface area contributed by atoms with Crippen molar-refractivity contribution in [2.75, 3.05) is 13.7 Å². The number of aliphatic hydroxyl groups excluding tert-OH is 1. The van der Waals surface area contributed by atoms with Crippen LogP contribution < -0.4 is 0 Å². The minimum absolute atomic E-state index is 0.149. The van der Waals surface area contributed by atoms with Crippen LogP contribution >= 0.6 is 11.3 Å². The molecule has 0 radical (unpaired) electrons. The first-order chi connectivity index (χ1) is 9.20. The molecule has 4 nitrogen and oxygen atoms in total. The molecule has 0 aliphatic carbocycles. The summed E-state index contributed by atoms with van der Waals surface area (Å²) in [6.45, 7) is 0.348. The molecule has 0 saturated heterocycles. The SMILES string of the molecule is CN(Cc1csc(C#CCO)c1)C(=O)c1ccco1. The standard InChI is InChI=1S/C14H13NO3S/c1-15(14(17)13-5-3-7-18-13)9-11-8-12(19-10-11)4-2-6-16/h3,5,7-8,10,16H,6,9H2,1H3. The molecule has 0 bridgehead atoms. The summed E-state index contributed by atoms with van der Waals surface area (Å²) in [6, 6.07) is 5.25. The van der Waals surface area contributed by atoms with E-state index in [4.69, 9.17) is 9.52 Å². The molecule has 1 amide bonds. The Morgan fingerprint density at radius 3 is 3.11 bits per heavy atom. The van der Waals surface area contributed by atoms with Gasteiger partial charge in [-0.25, -0.2) is 0 Å². The number of hydrogen-bond acceptors (Lipinski definition) is 4. The second-order valence-corrected chi connectivity index (χ2v) is 4.83. The third-order valence-electron chi connectivity index (χ3n) is 2.44. The van der Waals surface area contributed by atoms with Crippen LogP contribution in [0, 0.1) is 11.8 Å². The molecule has 2 aromatic rings. The summed E-state index contributed by atoms with van der Waals surface area (Å²) in [5.74, 6) is 5.62. The molecule has 2 rings (SSSR count). The molecule has 19 heavy (non-hydrogen) atoms. The third kappa shape index (κ3) is 3.47. The Balaban J connectivity index is 2.01. The van der Waals surface area contributed by atoms with E-state index < -0.39 is 0 Å². The molecule has 0 spiro atoms. The lowest BCUT2D eigenvalue weighted by Crippen LogP contribution is -2.25. The highest BCUT2D eigenvalue weighted by molar-refractivity contribution is 7.10. The largest absolute Gasteiger partial charge is 0.459 e. The van der Waals surface area contributed by atoms with E-state index in [-0.39, 0.29) is 12.5 Å². The van der Waals surface area contributed by atoms with Crippen molar-refractivity contribution < 1.29 is 14.3 Å². The van der Waals surface area contributed by atoms with Gasteiger partial charge in [0.15, 0.2) is 5.76 Å². The van der Waals surface area contributed by atoms with Crippen LogP contribution in [0.3, 0.4) is 0 Å². The van der Waals surface area contributed by atoms with Crippen molar-refractivity contribution in [1.82, 2.24) is 4.90 Å². The number of thiophene rings is 1. The quantitative estimate of drug-likeness (QED) is 0.871. The normalized spacial score (nSPS) is 9.79. The van der Waals surface area contributed by atoms with Gasteiger partial charge in [0.1, 0.15) is 6.61 Å². The molecule has 0 fully saturated rings. The highest BCUT2D eigenvalue weighted by Crippen LogP contribution is 2.16. The number of hydrogen-bond donors (Lipinski definition) is 1. The Morgan fingerprint density at radius 2 is 2.42 bits per heavy atom. The van der Waals surface area contributed by atoms with Gasteiger partial charge in [0, 0.05) is 13.6 Å². The molecule has 0 atom stereocenters. The predicted octanol–water partition coefficient (Wildman–Crippen LogP) is 1.96. The lowest BCUT2D eigenvalue weighted by molar-refractivity contribution is 0.0753. The monoisotopic (exact) mass is 275 g/mol. The van der Waals surface area contributed by atoms with Gasteiger partial charge in [-0.05, 0) is 29.1 Å². The predicted molar refractivity (Wildman–Crippen MR) is 72.8 cm³/mol. The maximum absolute atomic E-state index is 12.0. The first kappa shape index (κ1) is 13.4. The summed E-state index contributed by atoms with van der Waals surface area (Å²) in [5, 5.41) is 10.6. The molecular weight excluding hydrogens is 262 g/mol. The van der Waals surface area contributed by atoms with E-state index in [1.807, 2.05) is 11.4 Å². The fraction of sp³-hybridized carbons (Fsp3) is 0.214. The van der Waals surface area contributed by atoms with Crippen LogP contribution in [0.2, 0.25) is 0 Å². The van der Waals surface area contributed by atoms with Gasteiger partial charge < -0.3 is 14.4 Å². The van der Waals surface area contributed by atoms with Gasteiger partial charge >= 0.3 is 0 Å². The van der Waals surface area contributed by atoms with E-state index in [1.165, 1.54) is 17.6 Å². The van der Waals surface area contributed by atoms with Gasteiger partial charge in [-0.2, -0.15) is 0 Å². The molecular formula is C14H13NO3S. The van der Waals surface area contributed by atoms with Crippen LogP contribution in [-0.4, -0.2) is 29.6 Å². The Kier molecular flexibility index (Phi) is 4.39. The second kappa shape index (κ2) is 6.23. The van der Waals surface area contributed by atoms with Crippen molar-refractivity contribution in [1.29, 1.82) is 0 Å². The van der Waals surface area contributed by atoms with Crippen molar-refractivity contribution in [3.8, 4) is 11.8 Å². The highest BCUT2D eigenvalue weighted by Gasteiger charge is 2.14. The zero-order valence-electron chi connectivity index (χ0n) is 10.4. The van der Waals surface area contributed by atoms with Gasteiger partial charge in [0.05, 0.1) is 11.1 Å². The Hall–Kier alpha value is -2.03. The molecule has 5 heteroatoms. The highest BCUT2D eigenvalue weighted by atomic mass is 32.1. The summed E-state index contributed by atoms with van der Waals surface area (Å²) < 4.78 is 5.07. The van der Waals surface area contributed by atoms with Crippen LogP contribution in [-0.2, 0) is 6.54 Å². The van der Waals surface area contributed by atoms with E-state index in [9.17, 15) is 4.79 Å². The molecule has 0 saturated carbocycles. The minimum Gasteiger partial charge on any atom is -0.459 e. The van der Waals surface area contributed by atoms with Crippen molar-refractivity contribution in [2.24, 2.45) is 0 Å². The van der Waals surface area contributed by atoms with Crippen LogP contribution in [0.15, 0.2) is 34.3 Å². The number of nitrogens with zero attached hydrogens (tertiary/aromatic N) is 1. The van der Waals surface area contributed by atoms with Crippen LogP contribution in [0.1, 0.15) is 21.0 Å². The topological polar surface area (TPSA) is 53.7 Å².